The van der Waals surface area contributed by atoms with Gasteiger partial charge >= 0.3 is 0 Å². The second kappa shape index (κ2) is 8.44. The van der Waals surface area contributed by atoms with Crippen LogP contribution in [0.25, 0.3) is 0 Å². The Morgan fingerprint density at radius 2 is 1.91 bits per heavy atom. The Hall–Kier alpha value is -2.20. The van der Waals surface area contributed by atoms with Crippen LogP contribution < -0.4 is 14.8 Å². The number of benzene rings is 2. The molecule has 1 atom stereocenters. The summed E-state index contributed by atoms with van der Waals surface area (Å²) in [5.41, 5.74) is 0.910. The number of rotatable bonds is 7. The third kappa shape index (κ3) is 5.49. The van der Waals surface area contributed by atoms with Gasteiger partial charge in [-0.3, -0.25) is 4.79 Å². The van der Waals surface area contributed by atoms with Crippen molar-refractivity contribution < 1.29 is 14.3 Å². The molecule has 0 aromatic heterocycles. The molecule has 0 aliphatic rings. The van der Waals surface area contributed by atoms with Crippen molar-refractivity contribution in [1.82, 2.24) is 5.32 Å². The van der Waals surface area contributed by atoms with Crippen LogP contribution in [0.4, 0.5) is 0 Å². The van der Waals surface area contributed by atoms with Crippen LogP contribution in [0.3, 0.4) is 0 Å². The van der Waals surface area contributed by atoms with Crippen molar-refractivity contribution in [3.63, 3.8) is 0 Å². The fourth-order valence-corrected chi connectivity index (χ4v) is 2.07. The normalized spacial score (nSPS) is 11.6. The fourth-order valence-electron chi connectivity index (χ4n) is 1.95. The minimum atomic E-state index is -0.590. The molecule has 0 saturated heterocycles. The quantitative estimate of drug-likeness (QED) is 0.787. The van der Waals surface area contributed by atoms with Gasteiger partial charge in [-0.2, -0.15) is 0 Å². The van der Waals surface area contributed by atoms with E-state index in [4.69, 9.17) is 21.1 Å². The van der Waals surface area contributed by atoms with E-state index in [2.05, 4.69) is 5.32 Å². The number of nitrogens with one attached hydrogen (secondary N) is 1. The molecule has 2 rings (SSSR count). The van der Waals surface area contributed by atoms with E-state index in [-0.39, 0.29) is 5.91 Å². The summed E-state index contributed by atoms with van der Waals surface area (Å²) in [6.07, 6.45) is -0.590. The Labute approximate surface area is 141 Å². The Morgan fingerprint density at radius 3 is 2.61 bits per heavy atom. The molecular weight excluding hydrogens is 314 g/mol. The zero-order valence-corrected chi connectivity index (χ0v) is 14.0. The van der Waals surface area contributed by atoms with Gasteiger partial charge in [0.1, 0.15) is 18.1 Å². The molecule has 1 amide bonds. The summed E-state index contributed by atoms with van der Waals surface area (Å²) in [4.78, 5) is 12.0. The number of aryl methyl sites for hydroxylation is 1. The summed E-state index contributed by atoms with van der Waals surface area (Å²) < 4.78 is 11.1. The zero-order valence-electron chi connectivity index (χ0n) is 13.2. The number of carbonyl (C=O) groups excluding carboxylic acids is 1. The molecule has 5 heteroatoms. The van der Waals surface area contributed by atoms with Gasteiger partial charge in [0.25, 0.3) is 5.91 Å². The van der Waals surface area contributed by atoms with Crippen LogP contribution in [0.15, 0.2) is 48.5 Å². The summed E-state index contributed by atoms with van der Waals surface area (Å²) in [6.45, 7) is 4.42. The maximum absolute atomic E-state index is 12.0. The third-order valence-corrected chi connectivity index (χ3v) is 3.65. The van der Waals surface area contributed by atoms with E-state index in [1.165, 1.54) is 0 Å². The molecule has 0 aliphatic heterocycles. The maximum atomic E-state index is 12.0. The lowest BCUT2D eigenvalue weighted by molar-refractivity contribution is -0.127. The molecule has 0 saturated carbocycles. The Morgan fingerprint density at radius 1 is 1.17 bits per heavy atom. The molecule has 2 aromatic rings. The Kier molecular flexibility index (Phi) is 6.29. The van der Waals surface area contributed by atoms with Crippen LogP contribution >= 0.6 is 11.6 Å². The lowest BCUT2D eigenvalue weighted by atomic mass is 10.2. The second-order valence-corrected chi connectivity index (χ2v) is 5.53. The first-order valence-corrected chi connectivity index (χ1v) is 7.82. The summed E-state index contributed by atoms with van der Waals surface area (Å²) in [7, 11) is 0. The SMILES string of the molecule is Cc1cc(OC(C)C(=O)NCCOc2ccccc2)ccc1Cl. The fraction of sp³-hybridized carbons (Fsp3) is 0.278. The van der Waals surface area contributed by atoms with Crippen molar-refractivity contribution in [3.05, 3.63) is 59.1 Å². The standard InChI is InChI=1S/C18H20ClNO3/c1-13-12-16(8-9-17(13)19)23-14(2)18(21)20-10-11-22-15-6-4-3-5-7-15/h3-9,12,14H,10-11H2,1-2H3,(H,20,21). The van der Waals surface area contributed by atoms with E-state index in [0.29, 0.717) is 23.9 Å². The number of ether oxygens (including phenoxy) is 2. The smallest absolute Gasteiger partial charge is 0.260 e. The van der Waals surface area contributed by atoms with Gasteiger partial charge < -0.3 is 14.8 Å². The molecule has 0 bridgehead atoms. The molecule has 23 heavy (non-hydrogen) atoms. The molecule has 2 aromatic carbocycles. The molecule has 1 N–H and O–H groups in total. The minimum absolute atomic E-state index is 0.186. The largest absolute Gasteiger partial charge is 0.492 e. The number of para-hydroxylation sites is 1. The molecule has 0 spiro atoms. The first-order valence-electron chi connectivity index (χ1n) is 7.44. The van der Waals surface area contributed by atoms with E-state index >= 15 is 0 Å². The Bertz CT molecular complexity index is 646. The highest BCUT2D eigenvalue weighted by Gasteiger charge is 2.14. The average Bonchev–Trinajstić information content (AvgIpc) is 2.55. The summed E-state index contributed by atoms with van der Waals surface area (Å²) >= 11 is 5.97. The maximum Gasteiger partial charge on any atom is 0.260 e. The van der Waals surface area contributed by atoms with Crippen molar-refractivity contribution in [2.45, 2.75) is 20.0 Å². The molecule has 122 valence electrons. The van der Waals surface area contributed by atoms with Crippen molar-refractivity contribution in [1.29, 1.82) is 0 Å². The van der Waals surface area contributed by atoms with Crippen LogP contribution in [-0.2, 0) is 4.79 Å². The lowest BCUT2D eigenvalue weighted by Gasteiger charge is -2.15. The van der Waals surface area contributed by atoms with E-state index < -0.39 is 6.10 Å². The van der Waals surface area contributed by atoms with Gasteiger partial charge in [-0.25, -0.2) is 0 Å². The van der Waals surface area contributed by atoms with E-state index in [9.17, 15) is 4.79 Å². The predicted molar refractivity (Wildman–Crippen MR) is 91.2 cm³/mol. The van der Waals surface area contributed by atoms with Gasteiger partial charge in [0.05, 0.1) is 6.54 Å². The minimum Gasteiger partial charge on any atom is -0.492 e. The summed E-state index contributed by atoms with van der Waals surface area (Å²) in [5.74, 6) is 1.21. The molecular formula is C18H20ClNO3. The van der Waals surface area contributed by atoms with Gasteiger partial charge in [-0.1, -0.05) is 29.8 Å². The van der Waals surface area contributed by atoms with Crippen molar-refractivity contribution in [2.75, 3.05) is 13.2 Å². The molecule has 0 radical (unpaired) electrons. The van der Waals surface area contributed by atoms with Gasteiger partial charge in [0.2, 0.25) is 0 Å². The third-order valence-electron chi connectivity index (χ3n) is 3.22. The highest BCUT2D eigenvalue weighted by atomic mass is 35.5. The van der Waals surface area contributed by atoms with Crippen molar-refractivity contribution in [2.24, 2.45) is 0 Å². The zero-order chi connectivity index (χ0) is 16.7. The molecule has 1 unspecified atom stereocenters. The van der Waals surface area contributed by atoms with Crippen LogP contribution in [0.1, 0.15) is 12.5 Å². The number of hydrogen-bond acceptors (Lipinski definition) is 3. The number of hydrogen-bond donors (Lipinski definition) is 1. The molecule has 0 fully saturated rings. The highest BCUT2D eigenvalue weighted by molar-refractivity contribution is 6.31. The first-order chi connectivity index (χ1) is 11.1. The van der Waals surface area contributed by atoms with Gasteiger partial charge in [0, 0.05) is 5.02 Å². The topological polar surface area (TPSA) is 47.6 Å². The van der Waals surface area contributed by atoms with Crippen LogP contribution in [0.5, 0.6) is 11.5 Å². The van der Waals surface area contributed by atoms with E-state index in [0.717, 1.165) is 11.3 Å². The lowest BCUT2D eigenvalue weighted by Crippen LogP contribution is -2.38. The average molecular weight is 334 g/mol. The summed E-state index contributed by atoms with van der Waals surface area (Å²) in [5, 5.41) is 3.46. The first kappa shape index (κ1) is 17.2. The Balaban J connectivity index is 1.73. The van der Waals surface area contributed by atoms with Gasteiger partial charge in [-0.15, -0.1) is 0 Å². The predicted octanol–water partition coefficient (Wildman–Crippen LogP) is 3.61. The monoisotopic (exact) mass is 333 g/mol. The van der Waals surface area contributed by atoms with E-state index in [1.807, 2.05) is 43.3 Å². The van der Waals surface area contributed by atoms with Gasteiger partial charge in [-0.05, 0) is 49.7 Å². The number of halogens is 1. The van der Waals surface area contributed by atoms with Crippen LogP contribution in [0.2, 0.25) is 5.02 Å². The van der Waals surface area contributed by atoms with Crippen LogP contribution in [0, 0.1) is 6.92 Å². The van der Waals surface area contributed by atoms with E-state index in [1.54, 1.807) is 19.1 Å². The summed E-state index contributed by atoms with van der Waals surface area (Å²) in [6, 6.07) is 14.8. The van der Waals surface area contributed by atoms with Crippen molar-refractivity contribution in [3.8, 4) is 11.5 Å². The molecule has 0 aliphatic carbocycles. The highest BCUT2D eigenvalue weighted by Crippen LogP contribution is 2.21. The number of amides is 1. The molecule has 4 nitrogen and oxygen atoms in total. The van der Waals surface area contributed by atoms with Crippen LogP contribution in [-0.4, -0.2) is 25.2 Å². The molecule has 0 heterocycles. The van der Waals surface area contributed by atoms with Gasteiger partial charge in [0.15, 0.2) is 6.10 Å². The second-order valence-electron chi connectivity index (χ2n) is 5.12. The number of carbonyl (C=O) groups is 1. The van der Waals surface area contributed by atoms with Crippen molar-refractivity contribution >= 4 is 17.5 Å².